The van der Waals surface area contributed by atoms with Gasteiger partial charge in [-0.3, -0.25) is 0 Å². The number of hydrogen-bond donors (Lipinski definition) is 3. The average molecular weight is 456 g/mol. The van der Waals surface area contributed by atoms with Gasteiger partial charge in [-0.2, -0.15) is 9.61 Å². The second-order valence-corrected chi connectivity index (χ2v) is 8.16. The lowest BCUT2D eigenvalue weighted by Gasteiger charge is -2.23. The Morgan fingerprint density at radius 2 is 2.03 bits per heavy atom. The number of nitrogens with one attached hydrogen (secondary N) is 3. The number of benzene rings is 1. The molecular weight excluding hydrogens is 434 g/mol. The third kappa shape index (κ3) is 3.85. The number of fused-ring (bicyclic) bond motifs is 1. The SMILES string of the molecule is Brc1cnn2c(NCc3ccc(C4N=CON4)cc3)cc(C3CCNCC3)nc12. The predicted octanol–water partition coefficient (Wildman–Crippen LogP) is 3.13. The normalized spacial score (nSPS) is 19.6. The van der Waals surface area contributed by atoms with E-state index in [4.69, 9.17) is 9.82 Å². The summed E-state index contributed by atoms with van der Waals surface area (Å²) >= 11 is 3.58. The fourth-order valence-corrected chi connectivity index (χ4v) is 4.14. The molecule has 2 aliphatic heterocycles. The number of hydrogen-bond acceptors (Lipinski definition) is 7. The van der Waals surface area contributed by atoms with E-state index < -0.39 is 0 Å². The van der Waals surface area contributed by atoms with Gasteiger partial charge in [0.05, 0.1) is 10.7 Å². The highest BCUT2D eigenvalue weighted by Crippen LogP contribution is 2.29. The van der Waals surface area contributed by atoms with Crippen molar-refractivity contribution in [3.05, 3.63) is 57.8 Å². The molecule has 29 heavy (non-hydrogen) atoms. The van der Waals surface area contributed by atoms with Crippen LogP contribution in [0.2, 0.25) is 0 Å². The maximum Gasteiger partial charge on any atom is 0.198 e. The lowest BCUT2D eigenvalue weighted by atomic mass is 9.94. The summed E-state index contributed by atoms with van der Waals surface area (Å²) in [5.41, 5.74) is 7.07. The van der Waals surface area contributed by atoms with Crippen molar-refractivity contribution >= 4 is 33.8 Å². The summed E-state index contributed by atoms with van der Waals surface area (Å²) < 4.78 is 2.77. The zero-order valence-corrected chi connectivity index (χ0v) is 17.4. The van der Waals surface area contributed by atoms with Crippen molar-refractivity contribution in [3.63, 3.8) is 0 Å². The fraction of sp³-hybridized carbons (Fsp3) is 0.350. The van der Waals surface area contributed by atoms with Crippen molar-refractivity contribution in [1.82, 2.24) is 25.4 Å². The molecule has 2 aromatic heterocycles. The summed E-state index contributed by atoms with van der Waals surface area (Å²) in [6, 6.07) is 10.5. The Kier molecular flexibility index (Phi) is 5.17. The molecule has 150 valence electrons. The van der Waals surface area contributed by atoms with Gasteiger partial charge in [-0.25, -0.2) is 9.98 Å². The van der Waals surface area contributed by atoms with Gasteiger partial charge in [-0.1, -0.05) is 24.3 Å². The van der Waals surface area contributed by atoms with Crippen LogP contribution in [0.5, 0.6) is 0 Å². The molecule has 1 saturated heterocycles. The smallest absolute Gasteiger partial charge is 0.198 e. The van der Waals surface area contributed by atoms with Crippen LogP contribution in [0.4, 0.5) is 5.82 Å². The molecule has 1 atom stereocenters. The van der Waals surface area contributed by atoms with Gasteiger partial charge >= 0.3 is 0 Å². The van der Waals surface area contributed by atoms with Gasteiger partial charge in [0.25, 0.3) is 0 Å². The molecule has 3 N–H and O–H groups in total. The molecule has 2 aliphatic rings. The van der Waals surface area contributed by atoms with Gasteiger partial charge in [0.2, 0.25) is 0 Å². The monoisotopic (exact) mass is 455 g/mol. The Hall–Kier alpha value is -2.49. The van der Waals surface area contributed by atoms with Crippen LogP contribution in [0.3, 0.4) is 0 Å². The van der Waals surface area contributed by atoms with Gasteiger partial charge in [-0.15, -0.1) is 5.48 Å². The van der Waals surface area contributed by atoms with Crippen LogP contribution in [-0.2, 0) is 11.4 Å². The molecule has 4 heterocycles. The molecule has 0 aliphatic carbocycles. The van der Waals surface area contributed by atoms with E-state index in [2.05, 4.69) is 72.5 Å². The number of hydroxylamine groups is 1. The minimum Gasteiger partial charge on any atom is -0.394 e. The Balaban J connectivity index is 1.37. The van der Waals surface area contributed by atoms with Gasteiger partial charge in [0.15, 0.2) is 18.2 Å². The third-order valence-electron chi connectivity index (χ3n) is 5.42. The molecule has 0 bridgehead atoms. The lowest BCUT2D eigenvalue weighted by Crippen LogP contribution is -2.27. The van der Waals surface area contributed by atoms with Crippen molar-refractivity contribution in [1.29, 1.82) is 0 Å². The van der Waals surface area contributed by atoms with Crippen LogP contribution in [0.1, 0.15) is 41.7 Å². The van der Waals surface area contributed by atoms with Crippen molar-refractivity contribution in [3.8, 4) is 0 Å². The number of nitrogens with zero attached hydrogens (tertiary/aromatic N) is 4. The molecule has 3 aromatic rings. The maximum absolute atomic E-state index is 4.97. The topological polar surface area (TPSA) is 87.9 Å². The highest BCUT2D eigenvalue weighted by molar-refractivity contribution is 9.10. The van der Waals surface area contributed by atoms with E-state index >= 15 is 0 Å². The highest BCUT2D eigenvalue weighted by Gasteiger charge is 2.20. The fourth-order valence-electron chi connectivity index (χ4n) is 3.79. The van der Waals surface area contributed by atoms with E-state index in [-0.39, 0.29) is 6.17 Å². The van der Waals surface area contributed by atoms with Crippen LogP contribution in [0, 0.1) is 0 Å². The Bertz CT molecular complexity index is 1030. The Morgan fingerprint density at radius 3 is 2.79 bits per heavy atom. The minimum atomic E-state index is -0.134. The van der Waals surface area contributed by atoms with Gasteiger partial charge < -0.3 is 15.5 Å². The molecule has 1 unspecified atom stereocenters. The zero-order valence-electron chi connectivity index (χ0n) is 15.8. The van der Waals surface area contributed by atoms with Crippen molar-refractivity contribution in [2.75, 3.05) is 18.4 Å². The molecule has 1 aromatic carbocycles. The van der Waals surface area contributed by atoms with Gasteiger partial charge in [-0.05, 0) is 53.0 Å². The van der Waals surface area contributed by atoms with Crippen LogP contribution < -0.4 is 16.1 Å². The van der Waals surface area contributed by atoms with E-state index in [1.807, 2.05) is 4.52 Å². The first kappa shape index (κ1) is 18.5. The predicted molar refractivity (Wildman–Crippen MR) is 115 cm³/mol. The second kappa shape index (κ2) is 8.10. The first-order chi connectivity index (χ1) is 14.3. The summed E-state index contributed by atoms with van der Waals surface area (Å²) in [7, 11) is 0. The van der Waals surface area contributed by atoms with E-state index in [0.29, 0.717) is 12.5 Å². The molecule has 0 spiro atoms. The second-order valence-electron chi connectivity index (χ2n) is 7.31. The van der Waals surface area contributed by atoms with Crippen LogP contribution in [-0.4, -0.2) is 34.1 Å². The third-order valence-corrected chi connectivity index (χ3v) is 5.98. The van der Waals surface area contributed by atoms with Crippen molar-refractivity contribution in [2.24, 2.45) is 4.99 Å². The van der Waals surface area contributed by atoms with E-state index in [0.717, 1.165) is 53.1 Å². The summed E-state index contributed by atoms with van der Waals surface area (Å²) in [5, 5.41) is 11.4. The number of rotatable bonds is 5. The number of halogens is 1. The van der Waals surface area contributed by atoms with E-state index in [1.165, 1.54) is 12.0 Å². The number of piperidine rings is 1. The first-order valence-electron chi connectivity index (χ1n) is 9.78. The Labute approximate surface area is 176 Å². The molecule has 0 amide bonds. The maximum atomic E-state index is 4.97. The van der Waals surface area contributed by atoms with Crippen LogP contribution in [0.15, 0.2) is 46.0 Å². The molecule has 8 nitrogen and oxygen atoms in total. The number of anilines is 1. The molecule has 5 rings (SSSR count). The Morgan fingerprint density at radius 1 is 1.21 bits per heavy atom. The van der Waals surface area contributed by atoms with Gasteiger partial charge in [0, 0.05) is 24.2 Å². The first-order valence-corrected chi connectivity index (χ1v) is 10.6. The van der Waals surface area contributed by atoms with Crippen molar-refractivity contribution in [2.45, 2.75) is 31.5 Å². The lowest BCUT2D eigenvalue weighted by molar-refractivity contribution is 0.188. The molecule has 1 fully saturated rings. The summed E-state index contributed by atoms with van der Waals surface area (Å²) in [6.07, 6.45) is 5.31. The van der Waals surface area contributed by atoms with Gasteiger partial charge in [0.1, 0.15) is 5.82 Å². The van der Waals surface area contributed by atoms with Crippen LogP contribution in [0.25, 0.3) is 5.65 Å². The molecule has 9 heteroatoms. The largest absolute Gasteiger partial charge is 0.394 e. The summed E-state index contributed by atoms with van der Waals surface area (Å²) in [5.74, 6) is 1.43. The van der Waals surface area contributed by atoms with E-state index in [9.17, 15) is 0 Å². The summed E-state index contributed by atoms with van der Waals surface area (Å²) in [4.78, 5) is 14.1. The van der Waals surface area contributed by atoms with E-state index in [1.54, 1.807) is 6.20 Å². The molecule has 0 saturated carbocycles. The van der Waals surface area contributed by atoms with Crippen LogP contribution >= 0.6 is 15.9 Å². The molecule has 0 radical (unpaired) electrons. The highest BCUT2D eigenvalue weighted by atomic mass is 79.9. The number of aliphatic imine (C=N–C) groups is 1. The standard InChI is InChI=1S/C20H22BrN7O/c21-16-11-25-28-18(9-17(26-20(16)28)14-5-7-22-8-6-14)23-10-13-1-3-15(4-2-13)19-24-12-29-27-19/h1-4,9,11-12,14,19,22-23,27H,5-8,10H2. The minimum absolute atomic E-state index is 0.134. The average Bonchev–Trinajstić information content (AvgIpc) is 3.44. The zero-order chi connectivity index (χ0) is 19.6. The van der Waals surface area contributed by atoms with Crippen molar-refractivity contribution < 1.29 is 4.84 Å². The summed E-state index contributed by atoms with van der Waals surface area (Å²) in [6.45, 7) is 2.77. The quantitative estimate of drug-likeness (QED) is 0.547. The molecular formula is C20H22BrN7O. The number of aromatic nitrogens is 3.